The summed E-state index contributed by atoms with van der Waals surface area (Å²) in [6.07, 6.45) is 5.98. The lowest BCUT2D eigenvalue weighted by atomic mass is 9.91. The molecule has 41 heavy (non-hydrogen) atoms. The molecule has 1 aromatic heterocycles. The first-order valence-corrected chi connectivity index (χ1v) is 15.2. The number of aryl methyl sites for hydroxylation is 1. The molecule has 2 saturated carbocycles. The zero-order chi connectivity index (χ0) is 27.9. The van der Waals surface area contributed by atoms with Crippen LogP contribution in [0.4, 0.5) is 14.6 Å². The number of fused-ring (bicyclic) bond motifs is 2. The van der Waals surface area contributed by atoms with Gasteiger partial charge in [-0.1, -0.05) is 0 Å². The van der Waals surface area contributed by atoms with Crippen molar-refractivity contribution in [1.29, 1.82) is 0 Å². The normalized spacial score (nSPS) is 27.1. The predicted molar refractivity (Wildman–Crippen MR) is 154 cm³/mol. The lowest BCUT2D eigenvalue weighted by Gasteiger charge is -2.35. The molecule has 216 valence electrons. The molecule has 2 N–H and O–H groups in total. The molecule has 3 aromatic rings. The predicted octanol–water partition coefficient (Wildman–Crippen LogP) is 5.22. The number of phenolic OH excluding ortho intramolecular Hbond substituents is 1. The van der Waals surface area contributed by atoms with Gasteiger partial charge in [0, 0.05) is 49.1 Å². The van der Waals surface area contributed by atoms with Crippen LogP contribution in [-0.4, -0.2) is 76.6 Å². The highest BCUT2D eigenvalue weighted by atomic mass is 19.1. The molecule has 3 saturated heterocycles. The molecule has 0 amide bonds. The highest BCUT2D eigenvalue weighted by molar-refractivity contribution is 5.94. The summed E-state index contributed by atoms with van der Waals surface area (Å²) in [4.78, 5) is 14.2. The Morgan fingerprint density at radius 1 is 1.10 bits per heavy atom. The molecular weight excluding hydrogens is 524 g/mol. The number of rotatable bonds is 6. The van der Waals surface area contributed by atoms with Gasteiger partial charge >= 0.3 is 6.01 Å². The third-order valence-corrected chi connectivity index (χ3v) is 10.2. The molecule has 2 aliphatic carbocycles. The summed E-state index contributed by atoms with van der Waals surface area (Å²) >= 11 is 0. The number of ether oxygens (including phenoxy) is 1. The van der Waals surface area contributed by atoms with E-state index in [1.54, 1.807) is 24.3 Å². The summed E-state index contributed by atoms with van der Waals surface area (Å²) in [7, 11) is 0. The number of nitrogens with zero attached hydrogens (tertiary/aromatic N) is 4. The van der Waals surface area contributed by atoms with Gasteiger partial charge in [-0.25, -0.2) is 8.78 Å². The first-order chi connectivity index (χ1) is 19.8. The number of aromatic hydroxyl groups is 1. The average molecular weight is 562 g/mol. The number of hydrogen-bond acceptors (Lipinski definition) is 7. The minimum Gasteiger partial charge on any atom is -0.508 e. The molecule has 0 radical (unpaired) electrons. The van der Waals surface area contributed by atoms with E-state index in [1.807, 2.05) is 6.92 Å². The van der Waals surface area contributed by atoms with Gasteiger partial charge in [0.2, 0.25) is 0 Å². The maximum absolute atomic E-state index is 16.0. The number of aromatic nitrogens is 2. The summed E-state index contributed by atoms with van der Waals surface area (Å²) in [5.41, 5.74) is 3.66. The molecule has 0 unspecified atom stereocenters. The van der Waals surface area contributed by atoms with Crippen molar-refractivity contribution in [2.75, 3.05) is 44.2 Å². The highest BCUT2D eigenvalue weighted by Gasteiger charge is 2.50. The number of piperazine rings is 1. The van der Waals surface area contributed by atoms with Crippen LogP contribution >= 0.6 is 0 Å². The van der Waals surface area contributed by atoms with Crippen molar-refractivity contribution in [3.63, 3.8) is 0 Å². The standard InChI is InChI=1S/C32H37F2N5O2/c1-19-11-22(40)12-24(28(19)20-3-4-20)23-14-27-25(13-26(23)34)29(38-10-8-35-31(17-38)6-7-31)37-30(36-27)41-18-32-5-2-9-39(32)16-21(33)15-32/h11-14,20-21,35,40H,2-10,15-18H2,1H3/t21-,32+/m1/s1. The van der Waals surface area contributed by atoms with Crippen LogP contribution < -0.4 is 15.0 Å². The average Bonchev–Trinajstić information content (AvgIpc) is 3.85. The van der Waals surface area contributed by atoms with Gasteiger partial charge in [0.1, 0.15) is 30.2 Å². The number of benzene rings is 2. The molecule has 3 aliphatic heterocycles. The molecular formula is C32H37F2N5O2. The number of nitrogens with one attached hydrogen (secondary N) is 1. The zero-order valence-corrected chi connectivity index (χ0v) is 23.6. The van der Waals surface area contributed by atoms with Crippen LogP contribution in [0.25, 0.3) is 22.0 Å². The summed E-state index contributed by atoms with van der Waals surface area (Å²) in [6, 6.07) is 7.05. The van der Waals surface area contributed by atoms with E-state index in [-0.39, 0.29) is 28.7 Å². The second-order valence-electron chi connectivity index (χ2n) is 13.2. The fourth-order valence-corrected chi connectivity index (χ4v) is 7.81. The highest BCUT2D eigenvalue weighted by Crippen LogP contribution is 2.48. The van der Waals surface area contributed by atoms with Gasteiger partial charge in [0.25, 0.3) is 0 Å². The number of phenols is 1. The van der Waals surface area contributed by atoms with E-state index < -0.39 is 6.17 Å². The second-order valence-corrected chi connectivity index (χ2v) is 13.2. The Labute approximate surface area is 238 Å². The smallest absolute Gasteiger partial charge is 0.319 e. The van der Waals surface area contributed by atoms with Crippen LogP contribution in [0.1, 0.15) is 62.0 Å². The maximum atomic E-state index is 16.0. The van der Waals surface area contributed by atoms with Crippen molar-refractivity contribution in [2.24, 2.45) is 0 Å². The van der Waals surface area contributed by atoms with Gasteiger partial charge in [-0.15, -0.1) is 0 Å². The molecule has 4 heterocycles. The van der Waals surface area contributed by atoms with Crippen LogP contribution in [-0.2, 0) is 0 Å². The lowest BCUT2D eigenvalue weighted by molar-refractivity contribution is 0.107. The molecule has 2 aromatic carbocycles. The van der Waals surface area contributed by atoms with Crippen LogP contribution in [0.5, 0.6) is 11.8 Å². The molecule has 8 rings (SSSR count). The summed E-state index contributed by atoms with van der Waals surface area (Å²) in [6.45, 7) is 6.09. The van der Waals surface area contributed by atoms with Gasteiger partial charge in [0.05, 0.1) is 11.1 Å². The number of hydrogen-bond donors (Lipinski definition) is 2. The van der Waals surface area contributed by atoms with E-state index in [0.29, 0.717) is 47.8 Å². The topological polar surface area (TPSA) is 73.8 Å². The maximum Gasteiger partial charge on any atom is 0.319 e. The fourth-order valence-electron chi connectivity index (χ4n) is 7.81. The minimum atomic E-state index is -0.834. The summed E-state index contributed by atoms with van der Waals surface area (Å²) < 4.78 is 36.8. The van der Waals surface area contributed by atoms with Crippen molar-refractivity contribution < 1.29 is 18.6 Å². The summed E-state index contributed by atoms with van der Waals surface area (Å²) in [5.74, 6) is 0.857. The summed E-state index contributed by atoms with van der Waals surface area (Å²) in [5, 5.41) is 14.8. The third-order valence-electron chi connectivity index (χ3n) is 10.2. The Hall–Kier alpha value is -3.04. The van der Waals surface area contributed by atoms with Crippen molar-refractivity contribution in [3.05, 3.63) is 41.2 Å². The van der Waals surface area contributed by atoms with E-state index in [4.69, 9.17) is 14.7 Å². The van der Waals surface area contributed by atoms with Gasteiger partial charge < -0.3 is 20.1 Å². The largest absolute Gasteiger partial charge is 0.508 e. The van der Waals surface area contributed by atoms with E-state index >= 15 is 4.39 Å². The van der Waals surface area contributed by atoms with Crippen LogP contribution in [0, 0.1) is 12.7 Å². The van der Waals surface area contributed by atoms with Crippen LogP contribution in [0.15, 0.2) is 24.3 Å². The first kappa shape index (κ1) is 25.7. The molecule has 0 bridgehead atoms. The number of anilines is 1. The Morgan fingerprint density at radius 3 is 2.76 bits per heavy atom. The van der Waals surface area contributed by atoms with E-state index in [0.717, 1.165) is 81.4 Å². The van der Waals surface area contributed by atoms with E-state index in [1.165, 1.54) is 0 Å². The zero-order valence-electron chi connectivity index (χ0n) is 23.6. The van der Waals surface area contributed by atoms with Gasteiger partial charge in [0.15, 0.2) is 0 Å². The lowest BCUT2D eigenvalue weighted by Crippen LogP contribution is -2.52. The number of halogens is 2. The fraction of sp³-hybridized carbons (Fsp3) is 0.562. The Kier molecular flexibility index (Phi) is 5.77. The Morgan fingerprint density at radius 2 is 1.95 bits per heavy atom. The van der Waals surface area contributed by atoms with Crippen LogP contribution in [0.3, 0.4) is 0 Å². The Bertz CT molecular complexity index is 1540. The van der Waals surface area contributed by atoms with E-state index in [9.17, 15) is 9.50 Å². The molecule has 2 atom stereocenters. The molecule has 7 nitrogen and oxygen atoms in total. The molecule has 5 aliphatic rings. The second kappa shape index (κ2) is 9.23. The first-order valence-electron chi connectivity index (χ1n) is 15.2. The molecule has 5 fully saturated rings. The van der Waals surface area contributed by atoms with Crippen molar-refractivity contribution in [3.8, 4) is 22.9 Å². The minimum absolute atomic E-state index is 0.108. The SMILES string of the molecule is Cc1cc(O)cc(-c2cc3nc(OC[C@@]45CCCN4C[C@H](F)C5)nc(N4CCNC5(CC5)C4)c3cc2F)c1C1CC1. The molecule has 9 heteroatoms. The monoisotopic (exact) mass is 561 g/mol. The number of alkyl halides is 1. The van der Waals surface area contributed by atoms with Gasteiger partial charge in [-0.05, 0) is 98.9 Å². The van der Waals surface area contributed by atoms with E-state index in [2.05, 4.69) is 15.1 Å². The van der Waals surface area contributed by atoms with Crippen LogP contribution in [0.2, 0.25) is 0 Å². The van der Waals surface area contributed by atoms with Crippen molar-refractivity contribution in [2.45, 2.75) is 75.0 Å². The Balaban J connectivity index is 1.23. The van der Waals surface area contributed by atoms with Crippen molar-refractivity contribution in [1.82, 2.24) is 20.2 Å². The van der Waals surface area contributed by atoms with Crippen molar-refractivity contribution >= 4 is 16.7 Å². The van der Waals surface area contributed by atoms with Gasteiger partial charge in [-0.2, -0.15) is 9.97 Å². The van der Waals surface area contributed by atoms with Gasteiger partial charge in [-0.3, -0.25) is 4.90 Å². The quantitative estimate of drug-likeness (QED) is 0.427. The molecule has 1 spiro atoms. The third kappa shape index (κ3) is 4.43.